The second-order valence-electron chi connectivity index (χ2n) is 4.69. The van der Waals surface area contributed by atoms with Crippen molar-refractivity contribution in [1.82, 2.24) is 4.90 Å². The summed E-state index contributed by atoms with van der Waals surface area (Å²) in [7, 11) is 3.38. The van der Waals surface area contributed by atoms with Gasteiger partial charge in [-0.05, 0) is 20.9 Å². The van der Waals surface area contributed by atoms with E-state index in [0.717, 1.165) is 6.54 Å². The summed E-state index contributed by atoms with van der Waals surface area (Å²) in [4.78, 5) is 13.6. The Kier molecular flexibility index (Phi) is 2.08. The summed E-state index contributed by atoms with van der Waals surface area (Å²) >= 11 is 0. The molecular weight excluding hydrogens is 182 g/mol. The van der Waals surface area contributed by atoms with E-state index in [2.05, 4.69) is 0 Å². The van der Waals surface area contributed by atoms with E-state index >= 15 is 0 Å². The molecule has 2 aliphatic heterocycles. The lowest BCUT2D eigenvalue weighted by Crippen LogP contribution is -2.59. The molecule has 3 atom stereocenters. The first kappa shape index (κ1) is 9.93. The quantitative estimate of drug-likeness (QED) is 0.568. The van der Waals surface area contributed by atoms with E-state index in [4.69, 9.17) is 9.47 Å². The Balaban J connectivity index is 2.19. The molecule has 2 saturated heterocycles. The molecule has 0 aromatic heterocycles. The van der Waals surface area contributed by atoms with Gasteiger partial charge in [0, 0.05) is 12.5 Å². The molecule has 2 rings (SSSR count). The van der Waals surface area contributed by atoms with Gasteiger partial charge in [-0.2, -0.15) is 0 Å². The topological polar surface area (TPSA) is 38.8 Å². The Morgan fingerprint density at radius 3 is 2.71 bits per heavy atom. The lowest BCUT2D eigenvalue weighted by atomic mass is 9.77. The number of likely N-dealkylation sites (N-methyl/N-ethyl adjacent to an activating group) is 1. The number of hydrogen-bond donors (Lipinski definition) is 0. The van der Waals surface area contributed by atoms with Crippen LogP contribution in [0.5, 0.6) is 0 Å². The third-order valence-electron chi connectivity index (χ3n) is 3.38. The summed E-state index contributed by atoms with van der Waals surface area (Å²) in [6.45, 7) is 4.89. The van der Waals surface area contributed by atoms with Gasteiger partial charge in [0.15, 0.2) is 0 Å². The first-order valence-electron chi connectivity index (χ1n) is 4.93. The van der Waals surface area contributed by atoms with Crippen molar-refractivity contribution in [3.63, 3.8) is 0 Å². The van der Waals surface area contributed by atoms with Crippen LogP contribution in [-0.2, 0) is 14.3 Å². The molecule has 14 heavy (non-hydrogen) atoms. The minimum Gasteiger partial charge on any atom is -0.468 e. The number of carbonyl (C=O) groups excluding carboxylic acids is 1. The standard InChI is InChI=1S/C10H17NO3/c1-10(2)7-6(14-10)5-11(3)8(7)9(12)13-4/h6-8H,5H2,1-4H3/t6-,7-,8-/m0/s1. The summed E-state index contributed by atoms with van der Waals surface area (Å²) in [6, 6.07) is -0.131. The van der Waals surface area contributed by atoms with Crippen LogP contribution in [0.25, 0.3) is 0 Å². The lowest BCUT2D eigenvalue weighted by Gasteiger charge is -2.48. The number of carbonyl (C=O) groups is 1. The molecule has 4 heteroatoms. The normalized spacial score (nSPS) is 40.1. The predicted molar refractivity (Wildman–Crippen MR) is 50.9 cm³/mol. The zero-order valence-corrected chi connectivity index (χ0v) is 9.11. The lowest BCUT2D eigenvalue weighted by molar-refractivity contribution is -0.228. The number of esters is 1. The number of hydrogen-bond acceptors (Lipinski definition) is 4. The number of methoxy groups -OCH3 is 1. The van der Waals surface area contributed by atoms with Crippen molar-refractivity contribution in [1.29, 1.82) is 0 Å². The van der Waals surface area contributed by atoms with E-state index in [1.54, 1.807) is 0 Å². The van der Waals surface area contributed by atoms with E-state index in [0.29, 0.717) is 0 Å². The number of fused-ring (bicyclic) bond motifs is 1. The van der Waals surface area contributed by atoms with Crippen LogP contribution in [0.1, 0.15) is 13.8 Å². The molecule has 0 aromatic carbocycles. The zero-order valence-electron chi connectivity index (χ0n) is 9.11. The second kappa shape index (κ2) is 2.94. The smallest absolute Gasteiger partial charge is 0.323 e. The Morgan fingerprint density at radius 1 is 1.57 bits per heavy atom. The molecule has 0 radical (unpaired) electrons. The number of ether oxygens (including phenoxy) is 2. The minimum absolute atomic E-state index is 0.131. The minimum atomic E-state index is -0.186. The van der Waals surface area contributed by atoms with E-state index in [1.165, 1.54) is 7.11 Å². The molecule has 80 valence electrons. The molecule has 4 nitrogen and oxygen atoms in total. The maximum atomic E-state index is 11.6. The Hall–Kier alpha value is -0.610. The van der Waals surface area contributed by atoms with Crippen LogP contribution in [0.2, 0.25) is 0 Å². The average molecular weight is 199 g/mol. The maximum absolute atomic E-state index is 11.6. The number of nitrogens with zero attached hydrogens (tertiary/aromatic N) is 1. The van der Waals surface area contributed by atoms with Gasteiger partial charge >= 0.3 is 5.97 Å². The molecule has 0 bridgehead atoms. The fourth-order valence-electron chi connectivity index (χ4n) is 2.77. The van der Waals surface area contributed by atoms with Crippen molar-refractivity contribution < 1.29 is 14.3 Å². The average Bonchev–Trinajstić information content (AvgIpc) is 2.38. The SMILES string of the molecule is COC(=O)[C@@H]1[C@@H]2[C@H](CN1C)OC2(C)C. The van der Waals surface area contributed by atoms with Crippen molar-refractivity contribution in [2.45, 2.75) is 31.6 Å². The summed E-state index contributed by atoms with van der Waals surface area (Å²) < 4.78 is 10.5. The van der Waals surface area contributed by atoms with Crippen LogP contribution >= 0.6 is 0 Å². The van der Waals surface area contributed by atoms with Crippen molar-refractivity contribution in [3.8, 4) is 0 Å². The maximum Gasteiger partial charge on any atom is 0.323 e. The fourth-order valence-corrected chi connectivity index (χ4v) is 2.77. The van der Waals surface area contributed by atoms with Crippen molar-refractivity contribution in [3.05, 3.63) is 0 Å². The van der Waals surface area contributed by atoms with Crippen LogP contribution in [0.4, 0.5) is 0 Å². The highest BCUT2D eigenvalue weighted by atomic mass is 16.5. The molecular formula is C10H17NO3. The van der Waals surface area contributed by atoms with Gasteiger partial charge in [-0.1, -0.05) is 0 Å². The second-order valence-corrected chi connectivity index (χ2v) is 4.69. The molecule has 0 unspecified atom stereocenters. The van der Waals surface area contributed by atoms with Gasteiger partial charge < -0.3 is 9.47 Å². The largest absolute Gasteiger partial charge is 0.468 e. The molecule has 2 aliphatic rings. The fraction of sp³-hybridized carbons (Fsp3) is 0.900. The highest BCUT2D eigenvalue weighted by molar-refractivity contribution is 5.77. The third-order valence-corrected chi connectivity index (χ3v) is 3.38. The van der Waals surface area contributed by atoms with Crippen LogP contribution in [0.15, 0.2) is 0 Å². The van der Waals surface area contributed by atoms with Crippen LogP contribution < -0.4 is 0 Å². The molecule has 0 N–H and O–H groups in total. The molecule has 0 saturated carbocycles. The molecule has 0 aromatic rings. The summed E-state index contributed by atoms with van der Waals surface area (Å²) in [5.41, 5.74) is -0.186. The number of rotatable bonds is 1. The van der Waals surface area contributed by atoms with Gasteiger partial charge in [0.25, 0.3) is 0 Å². The van der Waals surface area contributed by atoms with Crippen molar-refractivity contribution in [2.24, 2.45) is 5.92 Å². The van der Waals surface area contributed by atoms with Gasteiger partial charge in [-0.25, -0.2) is 0 Å². The Labute approximate surface area is 84.2 Å². The van der Waals surface area contributed by atoms with Crippen LogP contribution in [0.3, 0.4) is 0 Å². The molecule has 0 amide bonds. The van der Waals surface area contributed by atoms with Crippen molar-refractivity contribution >= 4 is 5.97 Å². The molecule has 0 aliphatic carbocycles. The van der Waals surface area contributed by atoms with Gasteiger partial charge in [0.05, 0.1) is 18.8 Å². The van der Waals surface area contributed by atoms with E-state index in [9.17, 15) is 4.79 Å². The van der Waals surface area contributed by atoms with Crippen molar-refractivity contribution in [2.75, 3.05) is 20.7 Å². The predicted octanol–water partition coefficient (Wildman–Crippen LogP) is 0.267. The molecule has 2 fully saturated rings. The van der Waals surface area contributed by atoms with Gasteiger partial charge in [-0.15, -0.1) is 0 Å². The summed E-state index contributed by atoms with van der Waals surface area (Å²) in [6.07, 6.45) is 0.207. The van der Waals surface area contributed by atoms with Gasteiger partial charge in [-0.3, -0.25) is 9.69 Å². The van der Waals surface area contributed by atoms with Gasteiger partial charge in [0.2, 0.25) is 0 Å². The first-order chi connectivity index (χ1) is 6.47. The van der Waals surface area contributed by atoms with Crippen LogP contribution in [0, 0.1) is 5.92 Å². The zero-order chi connectivity index (χ0) is 10.5. The molecule has 0 spiro atoms. The Bertz CT molecular complexity index is 264. The highest BCUT2D eigenvalue weighted by Crippen LogP contribution is 2.46. The highest BCUT2D eigenvalue weighted by Gasteiger charge is 2.60. The first-order valence-corrected chi connectivity index (χ1v) is 4.93. The monoisotopic (exact) mass is 199 g/mol. The molecule has 2 heterocycles. The van der Waals surface area contributed by atoms with Gasteiger partial charge in [0.1, 0.15) is 6.04 Å². The summed E-state index contributed by atoms with van der Waals surface area (Å²) in [5, 5.41) is 0. The Morgan fingerprint density at radius 2 is 2.21 bits per heavy atom. The van der Waals surface area contributed by atoms with E-state index in [1.807, 2.05) is 25.8 Å². The summed E-state index contributed by atoms with van der Waals surface area (Å²) in [5.74, 6) is 0.135. The van der Waals surface area contributed by atoms with E-state index < -0.39 is 0 Å². The number of likely N-dealkylation sites (tertiary alicyclic amines) is 1. The van der Waals surface area contributed by atoms with Crippen LogP contribution in [-0.4, -0.2) is 49.3 Å². The third kappa shape index (κ3) is 1.17. The van der Waals surface area contributed by atoms with E-state index in [-0.39, 0.29) is 29.6 Å².